The summed E-state index contributed by atoms with van der Waals surface area (Å²) in [5, 5.41) is 12.0. The normalized spacial score (nSPS) is 11.6. The molecule has 0 saturated heterocycles. The molecule has 5 aromatic rings. The van der Waals surface area contributed by atoms with Crippen molar-refractivity contribution in [1.29, 1.82) is 0 Å². The van der Waals surface area contributed by atoms with Crippen molar-refractivity contribution in [2.45, 2.75) is 18.2 Å². The summed E-state index contributed by atoms with van der Waals surface area (Å²) in [6, 6.07) is 12.3. The lowest BCUT2D eigenvalue weighted by Gasteiger charge is -2.17. The maximum atomic E-state index is 15.2. The van der Waals surface area contributed by atoms with Crippen LogP contribution in [0.4, 0.5) is 14.9 Å². The summed E-state index contributed by atoms with van der Waals surface area (Å²) in [6.07, 6.45) is 3.83. The molecule has 2 N–H and O–H groups in total. The minimum atomic E-state index is -4.12. The van der Waals surface area contributed by atoms with Crippen molar-refractivity contribution in [3.63, 3.8) is 0 Å². The lowest BCUT2D eigenvalue weighted by atomic mass is 10.0. The first-order valence-corrected chi connectivity index (χ1v) is 14.2. The van der Waals surface area contributed by atoms with E-state index < -0.39 is 21.9 Å². The van der Waals surface area contributed by atoms with Crippen molar-refractivity contribution in [1.82, 2.24) is 19.3 Å². The van der Waals surface area contributed by atoms with Gasteiger partial charge in [-0.2, -0.15) is 0 Å². The summed E-state index contributed by atoms with van der Waals surface area (Å²) < 4.78 is 43.7. The Labute approximate surface area is 239 Å². The summed E-state index contributed by atoms with van der Waals surface area (Å²) in [5.41, 5.74) is 2.03. The van der Waals surface area contributed by atoms with Gasteiger partial charge in [0.2, 0.25) is 6.41 Å². The van der Waals surface area contributed by atoms with E-state index in [4.69, 9.17) is 16.7 Å². The summed E-state index contributed by atoms with van der Waals surface area (Å²) in [6.45, 7) is 2.13. The third kappa shape index (κ3) is 5.43. The number of carbonyl (C=O) groups excluding carboxylic acids is 1. The van der Waals surface area contributed by atoms with Gasteiger partial charge in [-0.1, -0.05) is 29.3 Å². The van der Waals surface area contributed by atoms with Gasteiger partial charge in [-0.3, -0.25) is 9.78 Å². The van der Waals surface area contributed by atoms with E-state index in [9.17, 15) is 18.0 Å². The number of pyridine rings is 2. The number of anilines is 1. The van der Waals surface area contributed by atoms with Gasteiger partial charge in [-0.25, -0.2) is 26.6 Å². The molecule has 3 heterocycles. The second-order valence-electron chi connectivity index (χ2n) is 9.25. The number of halogens is 2. The van der Waals surface area contributed by atoms with Crippen LogP contribution in [-0.4, -0.2) is 53.1 Å². The van der Waals surface area contributed by atoms with Gasteiger partial charge in [0, 0.05) is 41.8 Å². The molecule has 0 aliphatic heterocycles. The Morgan fingerprint density at radius 2 is 1.90 bits per heavy atom. The van der Waals surface area contributed by atoms with Gasteiger partial charge in [-0.05, 0) is 55.3 Å². The minimum absolute atomic E-state index is 0.0369. The Morgan fingerprint density at radius 3 is 2.61 bits per heavy atom. The first kappa shape index (κ1) is 28.0. The number of fused-ring (bicyclic) bond motifs is 2. The van der Waals surface area contributed by atoms with Crippen LogP contribution in [0.3, 0.4) is 0 Å². The number of hydrogen-bond donors (Lipinski definition) is 2. The van der Waals surface area contributed by atoms with E-state index in [1.54, 1.807) is 24.3 Å². The van der Waals surface area contributed by atoms with E-state index in [2.05, 4.69) is 15.3 Å². The highest BCUT2D eigenvalue weighted by molar-refractivity contribution is 7.90. The minimum Gasteiger partial charge on any atom is -0.465 e. The smallest absolute Gasteiger partial charge is 0.404 e. The Bertz CT molecular complexity index is 1910. The van der Waals surface area contributed by atoms with Gasteiger partial charge in [0.05, 0.1) is 21.8 Å². The highest BCUT2D eigenvalue weighted by Gasteiger charge is 2.24. The Morgan fingerprint density at radius 1 is 1.15 bits per heavy atom. The molecule has 2 aromatic carbocycles. The first-order chi connectivity index (χ1) is 19.6. The molecule has 0 fully saturated rings. The van der Waals surface area contributed by atoms with E-state index in [0.29, 0.717) is 40.4 Å². The van der Waals surface area contributed by atoms with E-state index >= 15 is 4.39 Å². The van der Waals surface area contributed by atoms with E-state index in [0.717, 1.165) is 9.54 Å². The van der Waals surface area contributed by atoms with Crippen LogP contribution in [0.2, 0.25) is 5.02 Å². The maximum Gasteiger partial charge on any atom is 0.404 e. The summed E-state index contributed by atoms with van der Waals surface area (Å²) in [5.74, 6) is -0.646. The molecule has 2 amide bonds. The van der Waals surface area contributed by atoms with Gasteiger partial charge < -0.3 is 15.3 Å². The van der Waals surface area contributed by atoms with Crippen LogP contribution in [0, 0.1) is 12.7 Å². The van der Waals surface area contributed by atoms with E-state index in [1.807, 2.05) is 6.92 Å². The highest BCUT2D eigenvalue weighted by Crippen LogP contribution is 2.37. The topological polar surface area (TPSA) is 134 Å². The number of hydrogen-bond acceptors (Lipinski definition) is 6. The molecule has 3 aromatic heterocycles. The van der Waals surface area contributed by atoms with Crippen molar-refractivity contribution in [2.75, 3.05) is 18.0 Å². The number of amides is 2. The fraction of sp³-hybridized carbons (Fsp3) is 0.143. The number of carbonyl (C=O) groups is 2. The van der Waals surface area contributed by atoms with Crippen LogP contribution in [-0.2, 0) is 14.8 Å². The first-order valence-electron chi connectivity index (χ1n) is 12.4. The average Bonchev–Trinajstić information content (AvgIpc) is 3.33. The largest absolute Gasteiger partial charge is 0.465 e. The second-order valence-corrected chi connectivity index (χ2v) is 11.5. The quantitative estimate of drug-likeness (QED) is 0.176. The Balaban J connectivity index is 1.69. The van der Waals surface area contributed by atoms with Crippen molar-refractivity contribution < 1.29 is 27.5 Å². The molecule has 210 valence electrons. The number of nitrogens with zero attached hydrogens (tertiary/aromatic N) is 4. The van der Waals surface area contributed by atoms with E-state index in [-0.39, 0.29) is 34.2 Å². The lowest BCUT2D eigenvalue weighted by Crippen LogP contribution is -2.28. The van der Waals surface area contributed by atoms with Gasteiger partial charge in [0.1, 0.15) is 11.3 Å². The molecular formula is C28H23ClFN5O5S. The van der Waals surface area contributed by atoms with Crippen molar-refractivity contribution >= 4 is 61.8 Å². The molecule has 0 saturated carbocycles. The van der Waals surface area contributed by atoms with E-state index in [1.165, 1.54) is 47.8 Å². The number of aryl methyl sites for hydroxylation is 1. The molecule has 0 bridgehead atoms. The highest BCUT2D eigenvalue weighted by atomic mass is 35.5. The summed E-state index contributed by atoms with van der Waals surface area (Å²) in [7, 11) is -4.12. The van der Waals surface area contributed by atoms with Crippen LogP contribution < -0.4 is 10.2 Å². The van der Waals surface area contributed by atoms with Gasteiger partial charge in [0.15, 0.2) is 5.65 Å². The number of benzene rings is 2. The van der Waals surface area contributed by atoms with Crippen LogP contribution in [0.15, 0.2) is 72.0 Å². The molecule has 5 rings (SSSR count). The van der Waals surface area contributed by atoms with Gasteiger partial charge in [-0.15, -0.1) is 0 Å². The zero-order valence-electron chi connectivity index (χ0n) is 21.6. The van der Waals surface area contributed by atoms with Crippen molar-refractivity contribution in [2.24, 2.45) is 0 Å². The van der Waals surface area contributed by atoms with Crippen LogP contribution in [0.1, 0.15) is 12.0 Å². The number of aromatic nitrogens is 3. The van der Waals surface area contributed by atoms with Crippen molar-refractivity contribution in [3.05, 3.63) is 83.5 Å². The van der Waals surface area contributed by atoms with Gasteiger partial charge in [0.25, 0.3) is 10.0 Å². The lowest BCUT2D eigenvalue weighted by molar-refractivity contribution is -0.107. The number of carboxylic acid groups (broad SMARTS) is 1. The summed E-state index contributed by atoms with van der Waals surface area (Å²) in [4.78, 5) is 32.5. The molecule has 0 atom stereocenters. The molecule has 0 unspecified atom stereocenters. The molecule has 41 heavy (non-hydrogen) atoms. The zero-order valence-corrected chi connectivity index (χ0v) is 23.2. The Hall–Kier alpha value is -4.55. The fourth-order valence-electron chi connectivity index (χ4n) is 4.48. The number of rotatable bonds is 9. The molecule has 0 aliphatic carbocycles. The monoisotopic (exact) mass is 595 g/mol. The third-order valence-corrected chi connectivity index (χ3v) is 8.54. The molecule has 0 radical (unpaired) electrons. The standard InChI is InChI=1S/C28H23ClFN5O5S/c1-17-3-5-20(6-4-17)41(39,40)35-15-23(18-11-22-24(29)7-9-31-26(22)25(30)12-18)21-13-19(14-33-27(21)35)34(16-36)10-2-8-32-28(37)38/h3-7,9,11-16,32H,2,8,10H2,1H3,(H,37,38). The molecule has 13 heteroatoms. The van der Waals surface area contributed by atoms with Crippen LogP contribution in [0.25, 0.3) is 33.1 Å². The molecule has 0 aliphatic rings. The maximum absolute atomic E-state index is 15.2. The average molecular weight is 596 g/mol. The van der Waals surface area contributed by atoms with Crippen molar-refractivity contribution in [3.8, 4) is 11.1 Å². The molecule has 0 spiro atoms. The Kier molecular flexibility index (Phi) is 7.61. The van der Waals surface area contributed by atoms with Crippen LogP contribution >= 0.6 is 11.6 Å². The fourth-order valence-corrected chi connectivity index (χ4v) is 6.01. The second kappa shape index (κ2) is 11.1. The molecular weight excluding hydrogens is 573 g/mol. The van der Waals surface area contributed by atoms with Crippen LogP contribution in [0.5, 0.6) is 0 Å². The SMILES string of the molecule is Cc1ccc(S(=O)(=O)n2cc(-c3cc(F)c4nccc(Cl)c4c3)c3cc(N(C=O)CCCNC(=O)O)cnc32)cc1. The third-order valence-electron chi connectivity index (χ3n) is 6.54. The zero-order chi connectivity index (χ0) is 29.3. The van der Waals surface area contributed by atoms with Gasteiger partial charge >= 0.3 is 6.09 Å². The predicted octanol–water partition coefficient (Wildman–Crippen LogP) is 5.21. The molecule has 10 nitrogen and oxygen atoms in total. The predicted molar refractivity (Wildman–Crippen MR) is 153 cm³/mol. The summed E-state index contributed by atoms with van der Waals surface area (Å²) >= 11 is 6.34. The number of nitrogens with one attached hydrogen (secondary N) is 1.